The van der Waals surface area contributed by atoms with Crippen LogP contribution in [0.4, 0.5) is 0 Å². The topological polar surface area (TPSA) is 67.8 Å². The number of rotatable bonds is 5. The summed E-state index contributed by atoms with van der Waals surface area (Å²) in [6.45, 7) is 9.66. The van der Waals surface area contributed by atoms with Crippen molar-refractivity contribution in [1.29, 1.82) is 0 Å². The van der Waals surface area contributed by atoms with Crippen molar-refractivity contribution in [1.82, 2.24) is 15.5 Å². The van der Waals surface area contributed by atoms with Gasteiger partial charge in [-0.3, -0.25) is 0 Å². The second-order valence-electron chi connectivity index (χ2n) is 3.38. The summed E-state index contributed by atoms with van der Waals surface area (Å²) in [6.07, 6.45) is 0. The molecule has 0 amide bonds. The van der Waals surface area contributed by atoms with E-state index in [0.29, 0.717) is 13.1 Å². The molecule has 0 saturated carbocycles. The zero-order chi connectivity index (χ0) is 11.4. The summed E-state index contributed by atoms with van der Waals surface area (Å²) in [5.74, 6) is 0. The highest BCUT2D eigenvalue weighted by Crippen LogP contribution is 1.88. The molecule has 5 nitrogen and oxygen atoms in total. The number of hydrogen-bond acceptors (Lipinski definition) is 5. The van der Waals surface area contributed by atoms with E-state index in [1.807, 2.05) is 0 Å². The maximum atomic E-state index is 8.15. The van der Waals surface area contributed by atoms with Crippen molar-refractivity contribution >= 4 is 0 Å². The standard InChI is InChI=1S/C6H14N2.C4H11NO2/c1-2-8-5-3-7-4-6-8;6-3-1-5-2-4-7/h7H,2-6H2,1H3;5-7H,1-4H2. The molecule has 1 aliphatic heterocycles. The number of nitrogens with zero attached hydrogens (tertiary/aromatic N) is 1. The van der Waals surface area contributed by atoms with E-state index in [2.05, 4.69) is 22.5 Å². The molecule has 92 valence electrons. The van der Waals surface area contributed by atoms with E-state index >= 15 is 0 Å². The van der Waals surface area contributed by atoms with Gasteiger partial charge in [0.2, 0.25) is 0 Å². The van der Waals surface area contributed by atoms with E-state index in [0.717, 1.165) is 0 Å². The largest absolute Gasteiger partial charge is 0.395 e. The first kappa shape index (κ1) is 14.8. The van der Waals surface area contributed by atoms with Gasteiger partial charge in [-0.05, 0) is 6.54 Å². The second kappa shape index (κ2) is 11.9. The van der Waals surface area contributed by atoms with Gasteiger partial charge in [0.15, 0.2) is 0 Å². The van der Waals surface area contributed by atoms with Gasteiger partial charge >= 0.3 is 0 Å². The Balaban J connectivity index is 0.000000265. The summed E-state index contributed by atoms with van der Waals surface area (Å²) in [6, 6.07) is 0. The van der Waals surface area contributed by atoms with Crippen molar-refractivity contribution in [2.24, 2.45) is 0 Å². The summed E-state index contributed by atoms with van der Waals surface area (Å²) in [5.41, 5.74) is 0. The Bertz CT molecular complexity index is 115. The van der Waals surface area contributed by atoms with Gasteiger partial charge < -0.3 is 25.7 Å². The van der Waals surface area contributed by atoms with Gasteiger partial charge in [-0.25, -0.2) is 0 Å². The van der Waals surface area contributed by atoms with Crippen LogP contribution in [-0.2, 0) is 0 Å². The number of likely N-dealkylation sites (N-methyl/N-ethyl adjacent to an activating group) is 1. The molecular formula is C10H25N3O2. The molecule has 0 aromatic carbocycles. The molecule has 1 rings (SSSR count). The zero-order valence-corrected chi connectivity index (χ0v) is 9.71. The highest BCUT2D eigenvalue weighted by molar-refractivity contribution is 4.64. The van der Waals surface area contributed by atoms with Crippen LogP contribution >= 0.6 is 0 Å². The average Bonchev–Trinajstić information content (AvgIpc) is 2.32. The minimum Gasteiger partial charge on any atom is -0.395 e. The number of nitrogens with one attached hydrogen (secondary N) is 2. The normalized spacial score (nSPS) is 17.0. The molecule has 15 heavy (non-hydrogen) atoms. The SMILES string of the molecule is CCN1CCNCC1.OCCNCCO. The fourth-order valence-electron chi connectivity index (χ4n) is 1.31. The quantitative estimate of drug-likeness (QED) is 0.423. The molecule has 1 fully saturated rings. The van der Waals surface area contributed by atoms with E-state index in [1.54, 1.807) is 0 Å². The fourth-order valence-corrected chi connectivity index (χ4v) is 1.31. The highest BCUT2D eigenvalue weighted by atomic mass is 16.3. The van der Waals surface area contributed by atoms with Crippen LogP contribution in [0.25, 0.3) is 0 Å². The summed E-state index contributed by atoms with van der Waals surface area (Å²) in [4.78, 5) is 2.45. The van der Waals surface area contributed by atoms with Crippen molar-refractivity contribution < 1.29 is 10.2 Å². The maximum absolute atomic E-state index is 8.15. The van der Waals surface area contributed by atoms with Crippen molar-refractivity contribution in [2.75, 3.05) is 59.0 Å². The molecule has 0 aliphatic carbocycles. The Kier molecular flexibility index (Phi) is 11.7. The molecule has 0 radical (unpaired) electrons. The average molecular weight is 219 g/mol. The number of hydrogen-bond donors (Lipinski definition) is 4. The molecular weight excluding hydrogens is 194 g/mol. The van der Waals surface area contributed by atoms with Crippen LogP contribution in [0.3, 0.4) is 0 Å². The highest BCUT2D eigenvalue weighted by Gasteiger charge is 2.04. The summed E-state index contributed by atoms with van der Waals surface area (Å²) < 4.78 is 0. The van der Waals surface area contributed by atoms with Crippen LogP contribution < -0.4 is 10.6 Å². The molecule has 0 aromatic heterocycles. The van der Waals surface area contributed by atoms with Crippen LogP contribution in [0.5, 0.6) is 0 Å². The lowest BCUT2D eigenvalue weighted by atomic mass is 10.4. The summed E-state index contributed by atoms with van der Waals surface area (Å²) in [7, 11) is 0. The number of aliphatic hydroxyl groups excluding tert-OH is 2. The Morgan fingerprint density at radius 1 is 1.13 bits per heavy atom. The van der Waals surface area contributed by atoms with E-state index in [1.165, 1.54) is 32.7 Å². The Labute approximate surface area is 92.5 Å². The van der Waals surface area contributed by atoms with Crippen molar-refractivity contribution in [3.8, 4) is 0 Å². The second-order valence-corrected chi connectivity index (χ2v) is 3.38. The molecule has 1 saturated heterocycles. The Morgan fingerprint density at radius 3 is 2.00 bits per heavy atom. The molecule has 0 unspecified atom stereocenters. The van der Waals surface area contributed by atoms with Crippen LogP contribution in [-0.4, -0.2) is 74.1 Å². The first-order valence-corrected chi connectivity index (χ1v) is 5.70. The van der Waals surface area contributed by atoms with E-state index in [9.17, 15) is 0 Å². The Hall–Kier alpha value is -0.200. The van der Waals surface area contributed by atoms with Gasteiger partial charge in [-0.15, -0.1) is 0 Å². The van der Waals surface area contributed by atoms with Crippen LogP contribution in [0.15, 0.2) is 0 Å². The minimum absolute atomic E-state index is 0.139. The zero-order valence-electron chi connectivity index (χ0n) is 9.71. The molecule has 0 atom stereocenters. The van der Waals surface area contributed by atoms with Crippen LogP contribution in [0.1, 0.15) is 6.92 Å². The molecule has 0 spiro atoms. The predicted molar refractivity (Wildman–Crippen MR) is 62.0 cm³/mol. The van der Waals surface area contributed by atoms with Crippen molar-refractivity contribution in [3.63, 3.8) is 0 Å². The first-order valence-electron chi connectivity index (χ1n) is 5.70. The van der Waals surface area contributed by atoms with Crippen molar-refractivity contribution in [3.05, 3.63) is 0 Å². The third-order valence-electron chi connectivity index (χ3n) is 2.23. The lowest BCUT2D eigenvalue weighted by Crippen LogP contribution is -2.43. The summed E-state index contributed by atoms with van der Waals surface area (Å²) in [5, 5.41) is 22.4. The third-order valence-corrected chi connectivity index (χ3v) is 2.23. The maximum Gasteiger partial charge on any atom is 0.0555 e. The molecule has 0 aromatic rings. The van der Waals surface area contributed by atoms with Gasteiger partial charge in [-0.1, -0.05) is 6.92 Å². The molecule has 4 N–H and O–H groups in total. The fraction of sp³-hybridized carbons (Fsp3) is 1.00. The van der Waals surface area contributed by atoms with Gasteiger partial charge in [0, 0.05) is 39.3 Å². The van der Waals surface area contributed by atoms with Gasteiger partial charge in [-0.2, -0.15) is 0 Å². The molecule has 0 bridgehead atoms. The summed E-state index contributed by atoms with van der Waals surface area (Å²) >= 11 is 0. The lowest BCUT2D eigenvalue weighted by molar-refractivity contribution is 0.253. The third kappa shape index (κ3) is 10.1. The minimum atomic E-state index is 0.139. The van der Waals surface area contributed by atoms with E-state index < -0.39 is 0 Å². The predicted octanol–water partition coefficient (Wildman–Crippen LogP) is -1.53. The van der Waals surface area contributed by atoms with Gasteiger partial charge in [0.25, 0.3) is 0 Å². The van der Waals surface area contributed by atoms with E-state index in [4.69, 9.17) is 10.2 Å². The number of aliphatic hydroxyl groups is 2. The smallest absolute Gasteiger partial charge is 0.0555 e. The molecule has 1 aliphatic rings. The first-order chi connectivity index (χ1) is 7.35. The molecule has 1 heterocycles. The van der Waals surface area contributed by atoms with E-state index in [-0.39, 0.29) is 13.2 Å². The molecule has 5 heteroatoms. The number of piperazine rings is 1. The van der Waals surface area contributed by atoms with Crippen molar-refractivity contribution in [2.45, 2.75) is 6.92 Å². The Morgan fingerprint density at radius 2 is 1.67 bits per heavy atom. The van der Waals surface area contributed by atoms with Gasteiger partial charge in [0.05, 0.1) is 13.2 Å². The monoisotopic (exact) mass is 219 g/mol. The van der Waals surface area contributed by atoms with Crippen LogP contribution in [0.2, 0.25) is 0 Å². The van der Waals surface area contributed by atoms with Crippen LogP contribution in [0, 0.1) is 0 Å². The lowest BCUT2D eigenvalue weighted by Gasteiger charge is -2.25. The van der Waals surface area contributed by atoms with Gasteiger partial charge in [0.1, 0.15) is 0 Å².